The minimum Gasteiger partial charge on any atom is -0.454 e. The summed E-state index contributed by atoms with van der Waals surface area (Å²) in [7, 11) is 0. The molecule has 3 aliphatic rings. The van der Waals surface area contributed by atoms with Crippen LogP contribution in [-0.4, -0.2) is 31.4 Å². The molecule has 8 heteroatoms. The number of nitrogens with zero attached hydrogens (tertiary/aromatic N) is 1. The van der Waals surface area contributed by atoms with Gasteiger partial charge < -0.3 is 24.3 Å². The van der Waals surface area contributed by atoms with Crippen LogP contribution in [0.3, 0.4) is 0 Å². The number of amides is 2. The number of ether oxygens (including phenoxy) is 4. The van der Waals surface area contributed by atoms with E-state index in [0.717, 1.165) is 5.56 Å². The molecule has 5 rings (SSSR count). The number of rotatable bonds is 4. The van der Waals surface area contributed by atoms with Gasteiger partial charge >= 0.3 is 0 Å². The summed E-state index contributed by atoms with van der Waals surface area (Å²) in [5.41, 5.74) is 1.43. The summed E-state index contributed by atoms with van der Waals surface area (Å²) in [6.07, 6.45) is 0.109. The number of hydrogen-bond acceptors (Lipinski definition) is 7. The molecule has 2 aromatic carbocycles. The van der Waals surface area contributed by atoms with E-state index < -0.39 is 6.04 Å². The van der Waals surface area contributed by atoms with Gasteiger partial charge in [-0.1, -0.05) is 6.07 Å². The zero-order chi connectivity index (χ0) is 18.4. The quantitative estimate of drug-likeness (QED) is 0.820. The molecule has 0 aromatic heterocycles. The molecule has 0 bridgehead atoms. The van der Waals surface area contributed by atoms with Crippen molar-refractivity contribution < 1.29 is 28.5 Å². The van der Waals surface area contributed by atoms with Gasteiger partial charge in [0.05, 0.1) is 18.2 Å². The van der Waals surface area contributed by atoms with Gasteiger partial charge in [0.1, 0.15) is 0 Å². The highest BCUT2D eigenvalue weighted by Crippen LogP contribution is 2.37. The van der Waals surface area contributed by atoms with E-state index in [9.17, 15) is 9.59 Å². The van der Waals surface area contributed by atoms with Crippen LogP contribution >= 0.6 is 0 Å². The van der Waals surface area contributed by atoms with Crippen LogP contribution in [0.2, 0.25) is 0 Å². The Morgan fingerprint density at radius 3 is 2.33 bits per heavy atom. The molecule has 2 amide bonds. The van der Waals surface area contributed by atoms with Crippen molar-refractivity contribution in [3.05, 3.63) is 42.0 Å². The predicted octanol–water partition coefficient (Wildman–Crippen LogP) is 1.57. The topological polar surface area (TPSA) is 86.3 Å². The second kappa shape index (κ2) is 6.17. The standard InChI is InChI=1S/C19H16N2O6/c22-18-7-13(20-8-11-1-3-14-16(5-11)26-9-24-14)19(23)21(18)12-2-4-15-17(6-12)27-10-25-15/h1-6,13,20H,7-10H2. The lowest BCUT2D eigenvalue weighted by atomic mass is 10.1. The van der Waals surface area contributed by atoms with Gasteiger partial charge in [0.25, 0.3) is 5.91 Å². The van der Waals surface area contributed by atoms with E-state index in [4.69, 9.17) is 18.9 Å². The summed E-state index contributed by atoms with van der Waals surface area (Å²) >= 11 is 0. The molecule has 1 atom stereocenters. The first-order valence-corrected chi connectivity index (χ1v) is 8.57. The van der Waals surface area contributed by atoms with Crippen LogP contribution in [0.5, 0.6) is 23.0 Å². The highest BCUT2D eigenvalue weighted by Gasteiger charge is 2.39. The second-order valence-electron chi connectivity index (χ2n) is 6.43. The van der Waals surface area contributed by atoms with E-state index >= 15 is 0 Å². The third-order valence-corrected chi connectivity index (χ3v) is 4.75. The smallest absolute Gasteiger partial charge is 0.251 e. The lowest BCUT2D eigenvalue weighted by molar-refractivity contribution is -0.121. The molecule has 3 heterocycles. The third kappa shape index (κ3) is 2.74. The molecule has 1 unspecified atom stereocenters. The summed E-state index contributed by atoms with van der Waals surface area (Å²) < 4.78 is 21.2. The Labute approximate surface area is 154 Å². The van der Waals surface area contributed by atoms with Crippen molar-refractivity contribution in [3.8, 4) is 23.0 Å². The van der Waals surface area contributed by atoms with E-state index in [-0.39, 0.29) is 31.8 Å². The van der Waals surface area contributed by atoms with E-state index in [0.29, 0.717) is 35.2 Å². The Balaban J connectivity index is 1.29. The van der Waals surface area contributed by atoms with Crippen LogP contribution in [0, 0.1) is 0 Å². The van der Waals surface area contributed by atoms with Crippen LogP contribution < -0.4 is 29.2 Å². The van der Waals surface area contributed by atoms with E-state index in [1.165, 1.54) is 4.90 Å². The van der Waals surface area contributed by atoms with Gasteiger partial charge in [0.15, 0.2) is 23.0 Å². The maximum absolute atomic E-state index is 12.8. The predicted molar refractivity (Wildman–Crippen MR) is 92.9 cm³/mol. The molecule has 0 saturated carbocycles. The Morgan fingerprint density at radius 1 is 0.889 bits per heavy atom. The number of carbonyl (C=O) groups is 2. The lowest BCUT2D eigenvalue weighted by Gasteiger charge is -2.16. The van der Waals surface area contributed by atoms with Crippen molar-refractivity contribution in [1.82, 2.24) is 5.32 Å². The third-order valence-electron chi connectivity index (χ3n) is 4.75. The summed E-state index contributed by atoms with van der Waals surface area (Å²) in [5, 5.41) is 3.16. The average molecular weight is 368 g/mol. The number of nitrogens with one attached hydrogen (secondary N) is 1. The monoisotopic (exact) mass is 368 g/mol. The van der Waals surface area contributed by atoms with Gasteiger partial charge in [-0.05, 0) is 29.8 Å². The fourth-order valence-corrected chi connectivity index (χ4v) is 3.38. The van der Waals surface area contributed by atoms with E-state index in [2.05, 4.69) is 5.32 Å². The Morgan fingerprint density at radius 2 is 1.56 bits per heavy atom. The SMILES string of the molecule is O=C1CC(NCc2ccc3c(c2)OCO3)C(=O)N1c1ccc2c(c1)OCO2. The zero-order valence-corrected chi connectivity index (χ0v) is 14.3. The fourth-order valence-electron chi connectivity index (χ4n) is 3.38. The van der Waals surface area contributed by atoms with Gasteiger partial charge in [-0.3, -0.25) is 9.59 Å². The molecule has 1 fully saturated rings. The van der Waals surface area contributed by atoms with Crippen molar-refractivity contribution >= 4 is 17.5 Å². The number of fused-ring (bicyclic) bond motifs is 2. The largest absolute Gasteiger partial charge is 0.454 e. The zero-order valence-electron chi connectivity index (χ0n) is 14.3. The van der Waals surface area contributed by atoms with Crippen molar-refractivity contribution in [2.45, 2.75) is 19.0 Å². The average Bonchev–Trinajstić information content (AvgIpc) is 3.38. The molecule has 0 radical (unpaired) electrons. The molecule has 0 aliphatic carbocycles. The fraction of sp³-hybridized carbons (Fsp3) is 0.263. The molecule has 2 aromatic rings. The molecule has 8 nitrogen and oxygen atoms in total. The van der Waals surface area contributed by atoms with Crippen LogP contribution in [-0.2, 0) is 16.1 Å². The minimum absolute atomic E-state index is 0.109. The molecule has 3 aliphatic heterocycles. The molecule has 1 N–H and O–H groups in total. The summed E-state index contributed by atoms with van der Waals surface area (Å²) in [6.45, 7) is 0.794. The molecule has 0 spiro atoms. The van der Waals surface area contributed by atoms with Gasteiger partial charge in [0.2, 0.25) is 19.5 Å². The molecular weight excluding hydrogens is 352 g/mol. The number of imide groups is 1. The van der Waals surface area contributed by atoms with Crippen molar-refractivity contribution in [3.63, 3.8) is 0 Å². The number of carbonyl (C=O) groups excluding carboxylic acids is 2. The molecular formula is C19H16N2O6. The Kier molecular flexibility index (Phi) is 3.64. The van der Waals surface area contributed by atoms with Crippen LogP contribution in [0.25, 0.3) is 0 Å². The first kappa shape index (κ1) is 16.0. The normalized spacial score (nSPS) is 19.9. The highest BCUT2D eigenvalue weighted by molar-refractivity contribution is 6.22. The summed E-state index contributed by atoms with van der Waals surface area (Å²) in [5.74, 6) is 2.01. The van der Waals surface area contributed by atoms with Gasteiger partial charge in [0, 0.05) is 12.6 Å². The van der Waals surface area contributed by atoms with Gasteiger partial charge in [-0.25, -0.2) is 4.90 Å². The van der Waals surface area contributed by atoms with Gasteiger partial charge in [-0.15, -0.1) is 0 Å². The van der Waals surface area contributed by atoms with Crippen molar-refractivity contribution in [2.75, 3.05) is 18.5 Å². The van der Waals surface area contributed by atoms with Crippen LogP contribution in [0.1, 0.15) is 12.0 Å². The molecule has 138 valence electrons. The van der Waals surface area contributed by atoms with Crippen molar-refractivity contribution in [1.29, 1.82) is 0 Å². The molecule has 27 heavy (non-hydrogen) atoms. The number of anilines is 1. The molecule has 1 saturated heterocycles. The first-order chi connectivity index (χ1) is 13.2. The van der Waals surface area contributed by atoms with E-state index in [1.807, 2.05) is 18.2 Å². The Hall–Kier alpha value is -3.26. The maximum Gasteiger partial charge on any atom is 0.251 e. The number of hydrogen-bond donors (Lipinski definition) is 1. The van der Waals surface area contributed by atoms with Crippen LogP contribution in [0.15, 0.2) is 36.4 Å². The number of benzene rings is 2. The van der Waals surface area contributed by atoms with Crippen molar-refractivity contribution in [2.24, 2.45) is 0 Å². The lowest BCUT2D eigenvalue weighted by Crippen LogP contribution is -2.38. The Bertz CT molecular complexity index is 944. The summed E-state index contributed by atoms with van der Waals surface area (Å²) in [4.78, 5) is 26.4. The highest BCUT2D eigenvalue weighted by atomic mass is 16.7. The first-order valence-electron chi connectivity index (χ1n) is 8.57. The van der Waals surface area contributed by atoms with Gasteiger partial charge in [-0.2, -0.15) is 0 Å². The maximum atomic E-state index is 12.8. The van der Waals surface area contributed by atoms with E-state index in [1.54, 1.807) is 18.2 Å². The minimum atomic E-state index is -0.576. The second-order valence-corrected chi connectivity index (χ2v) is 6.43. The summed E-state index contributed by atoms with van der Waals surface area (Å²) in [6, 6.07) is 10.1. The van der Waals surface area contributed by atoms with Crippen LogP contribution in [0.4, 0.5) is 5.69 Å².